The minimum atomic E-state index is -3.74. The lowest BCUT2D eigenvalue weighted by molar-refractivity contribution is -0.145. The Morgan fingerprint density at radius 2 is 1.75 bits per heavy atom. The molecule has 24 heavy (non-hydrogen) atoms. The van der Waals surface area contributed by atoms with Crippen LogP contribution in [-0.2, 0) is 19.6 Å². The molecule has 5 nitrogen and oxygen atoms in total. The van der Waals surface area contributed by atoms with Crippen molar-refractivity contribution in [2.75, 3.05) is 7.11 Å². The number of nitrogens with zero attached hydrogens (tertiary/aromatic N) is 1. The highest BCUT2D eigenvalue weighted by molar-refractivity contribution is 7.89. The molecule has 3 rings (SSSR count). The summed E-state index contributed by atoms with van der Waals surface area (Å²) in [6, 6.07) is 6.15. The lowest BCUT2D eigenvalue weighted by Gasteiger charge is -2.42. The van der Waals surface area contributed by atoms with E-state index >= 15 is 0 Å². The second-order valence-electron chi connectivity index (χ2n) is 6.98. The van der Waals surface area contributed by atoms with Gasteiger partial charge in [0.2, 0.25) is 10.0 Å². The Morgan fingerprint density at radius 1 is 1.12 bits per heavy atom. The molecule has 1 spiro atoms. The van der Waals surface area contributed by atoms with Gasteiger partial charge in [0, 0.05) is 5.54 Å². The number of benzene rings is 1. The SMILES string of the molecule is COC(=O)C1CCC2(CCCCC2)N1S(=O)(=O)c1ccc(C)cc1. The Kier molecular flexibility index (Phi) is 4.71. The molecule has 0 N–H and O–H groups in total. The van der Waals surface area contributed by atoms with E-state index in [2.05, 4.69) is 0 Å². The van der Waals surface area contributed by atoms with E-state index in [1.165, 1.54) is 11.4 Å². The van der Waals surface area contributed by atoms with Crippen molar-refractivity contribution in [3.05, 3.63) is 29.8 Å². The van der Waals surface area contributed by atoms with Crippen molar-refractivity contribution in [2.24, 2.45) is 0 Å². The van der Waals surface area contributed by atoms with Gasteiger partial charge in [-0.2, -0.15) is 4.31 Å². The Bertz CT molecular complexity index is 705. The first-order valence-corrected chi connectivity index (χ1v) is 10.0. The zero-order chi connectivity index (χ0) is 17.4. The van der Waals surface area contributed by atoms with Gasteiger partial charge in [-0.05, 0) is 44.7 Å². The standard InChI is InChI=1S/C18H25NO4S/c1-14-6-8-15(9-7-14)24(21,22)19-16(17(20)23-2)10-13-18(19)11-4-3-5-12-18/h6-9,16H,3-5,10-13H2,1-2H3. The van der Waals surface area contributed by atoms with Crippen LogP contribution < -0.4 is 0 Å². The van der Waals surface area contributed by atoms with Crippen LogP contribution in [0, 0.1) is 6.92 Å². The number of rotatable bonds is 3. The first-order chi connectivity index (χ1) is 11.4. The molecular formula is C18H25NO4S. The largest absolute Gasteiger partial charge is 0.468 e. The first kappa shape index (κ1) is 17.4. The summed E-state index contributed by atoms with van der Waals surface area (Å²) in [5.41, 5.74) is 0.577. The molecule has 1 saturated carbocycles. The van der Waals surface area contributed by atoms with E-state index in [-0.39, 0.29) is 4.90 Å². The van der Waals surface area contributed by atoms with Gasteiger partial charge in [0.25, 0.3) is 0 Å². The molecule has 0 amide bonds. The topological polar surface area (TPSA) is 63.7 Å². The van der Waals surface area contributed by atoms with E-state index < -0.39 is 27.6 Å². The van der Waals surface area contributed by atoms with Crippen LogP contribution in [0.5, 0.6) is 0 Å². The molecule has 1 saturated heterocycles. The van der Waals surface area contributed by atoms with Crippen LogP contribution in [0.15, 0.2) is 29.2 Å². The molecule has 1 aliphatic carbocycles. The first-order valence-electron chi connectivity index (χ1n) is 8.60. The predicted octanol–water partition coefficient (Wildman–Crippen LogP) is 3.02. The Hall–Kier alpha value is -1.40. The maximum absolute atomic E-state index is 13.4. The summed E-state index contributed by atoms with van der Waals surface area (Å²) in [6.45, 7) is 1.92. The molecule has 1 heterocycles. The zero-order valence-electron chi connectivity index (χ0n) is 14.3. The number of carbonyl (C=O) groups is 1. The molecule has 132 valence electrons. The molecule has 2 fully saturated rings. The van der Waals surface area contributed by atoms with E-state index in [0.29, 0.717) is 6.42 Å². The number of sulfonamides is 1. The second-order valence-corrected chi connectivity index (χ2v) is 8.79. The molecule has 0 radical (unpaired) electrons. The molecule has 1 aromatic rings. The fourth-order valence-corrected chi connectivity index (χ4v) is 6.26. The van der Waals surface area contributed by atoms with Gasteiger partial charge in [0.1, 0.15) is 6.04 Å². The normalized spacial score (nSPS) is 24.2. The average Bonchev–Trinajstić information content (AvgIpc) is 2.94. The fraction of sp³-hybridized carbons (Fsp3) is 0.611. The van der Waals surface area contributed by atoms with Crippen LogP contribution in [0.2, 0.25) is 0 Å². The molecule has 1 aliphatic heterocycles. The monoisotopic (exact) mass is 351 g/mol. The Balaban J connectivity index is 2.06. The minimum Gasteiger partial charge on any atom is -0.468 e. The van der Waals surface area contributed by atoms with Crippen molar-refractivity contribution in [2.45, 2.75) is 68.3 Å². The van der Waals surface area contributed by atoms with E-state index in [4.69, 9.17) is 4.74 Å². The van der Waals surface area contributed by atoms with Crippen molar-refractivity contribution in [3.8, 4) is 0 Å². The smallest absolute Gasteiger partial charge is 0.324 e. The van der Waals surface area contributed by atoms with Gasteiger partial charge < -0.3 is 4.74 Å². The molecule has 2 aliphatic rings. The van der Waals surface area contributed by atoms with Gasteiger partial charge >= 0.3 is 5.97 Å². The molecule has 1 aromatic carbocycles. The van der Waals surface area contributed by atoms with Gasteiger partial charge in [-0.15, -0.1) is 0 Å². The third kappa shape index (κ3) is 2.86. The summed E-state index contributed by atoms with van der Waals surface area (Å²) >= 11 is 0. The van der Waals surface area contributed by atoms with Crippen molar-refractivity contribution in [3.63, 3.8) is 0 Å². The molecule has 6 heteroatoms. The van der Waals surface area contributed by atoms with Crippen molar-refractivity contribution < 1.29 is 17.9 Å². The van der Waals surface area contributed by atoms with Crippen molar-refractivity contribution >= 4 is 16.0 Å². The molecule has 0 aromatic heterocycles. The van der Waals surface area contributed by atoms with E-state index in [1.807, 2.05) is 6.92 Å². The maximum atomic E-state index is 13.4. The van der Waals surface area contributed by atoms with Crippen molar-refractivity contribution in [1.82, 2.24) is 4.31 Å². The maximum Gasteiger partial charge on any atom is 0.324 e. The van der Waals surface area contributed by atoms with Gasteiger partial charge in [-0.3, -0.25) is 4.79 Å². The van der Waals surface area contributed by atoms with Crippen LogP contribution in [-0.4, -0.2) is 37.4 Å². The number of esters is 1. The van der Waals surface area contributed by atoms with Gasteiger partial charge in [0.15, 0.2) is 0 Å². The number of ether oxygens (including phenoxy) is 1. The summed E-state index contributed by atoms with van der Waals surface area (Å²) in [5.74, 6) is -0.451. The van der Waals surface area contributed by atoms with E-state index in [0.717, 1.165) is 44.1 Å². The van der Waals surface area contributed by atoms with E-state index in [1.54, 1.807) is 24.3 Å². The molecule has 1 unspecified atom stereocenters. The molecular weight excluding hydrogens is 326 g/mol. The summed E-state index contributed by atoms with van der Waals surface area (Å²) in [4.78, 5) is 12.5. The van der Waals surface area contributed by atoms with E-state index in [9.17, 15) is 13.2 Å². The van der Waals surface area contributed by atoms with Crippen LogP contribution in [0.1, 0.15) is 50.5 Å². The quantitative estimate of drug-likeness (QED) is 0.785. The van der Waals surface area contributed by atoms with Gasteiger partial charge in [-0.1, -0.05) is 37.0 Å². The number of hydrogen-bond acceptors (Lipinski definition) is 4. The Morgan fingerprint density at radius 3 is 2.33 bits per heavy atom. The highest BCUT2D eigenvalue weighted by Gasteiger charge is 2.55. The summed E-state index contributed by atoms with van der Waals surface area (Å²) in [6.07, 6.45) is 6.07. The van der Waals surface area contributed by atoms with Crippen LogP contribution in [0.25, 0.3) is 0 Å². The fourth-order valence-electron chi connectivity index (χ4n) is 4.24. The Labute approximate surface area is 144 Å². The lowest BCUT2D eigenvalue weighted by atomic mass is 9.81. The highest BCUT2D eigenvalue weighted by atomic mass is 32.2. The highest BCUT2D eigenvalue weighted by Crippen LogP contribution is 2.47. The average molecular weight is 351 g/mol. The minimum absolute atomic E-state index is 0.258. The van der Waals surface area contributed by atoms with Crippen LogP contribution in [0.4, 0.5) is 0 Å². The van der Waals surface area contributed by atoms with Gasteiger partial charge in [0.05, 0.1) is 12.0 Å². The summed E-state index contributed by atoms with van der Waals surface area (Å²) in [7, 11) is -2.41. The zero-order valence-corrected chi connectivity index (χ0v) is 15.1. The number of hydrogen-bond donors (Lipinski definition) is 0. The summed E-state index contributed by atoms with van der Waals surface area (Å²) < 4.78 is 33.1. The third-order valence-electron chi connectivity index (χ3n) is 5.47. The third-order valence-corrected chi connectivity index (χ3v) is 7.50. The number of carbonyl (C=O) groups excluding carboxylic acids is 1. The number of methoxy groups -OCH3 is 1. The predicted molar refractivity (Wildman–Crippen MR) is 91.1 cm³/mol. The van der Waals surface area contributed by atoms with Gasteiger partial charge in [-0.25, -0.2) is 8.42 Å². The second kappa shape index (κ2) is 6.48. The van der Waals surface area contributed by atoms with Crippen molar-refractivity contribution in [1.29, 1.82) is 0 Å². The lowest BCUT2D eigenvalue weighted by Crippen LogP contribution is -2.53. The molecule has 0 bridgehead atoms. The number of aryl methyl sites for hydroxylation is 1. The van der Waals surface area contributed by atoms with Crippen LogP contribution in [0.3, 0.4) is 0 Å². The summed E-state index contributed by atoms with van der Waals surface area (Å²) in [5, 5.41) is 0. The van der Waals surface area contributed by atoms with Crippen LogP contribution >= 0.6 is 0 Å². The molecule has 1 atom stereocenters.